The second-order valence-corrected chi connectivity index (χ2v) is 8.86. The van der Waals surface area contributed by atoms with E-state index in [4.69, 9.17) is 4.28 Å². The van der Waals surface area contributed by atoms with Gasteiger partial charge in [-0.25, -0.2) is 9.18 Å². The number of nitrogens with zero attached hydrogens (tertiary/aromatic N) is 1. The number of ether oxygens (including phenoxy) is 1. The number of aryl methyl sites for hydroxylation is 1. The number of hydrogen-bond donors (Lipinski definition) is 0. The second kappa shape index (κ2) is 8.74. The van der Waals surface area contributed by atoms with Gasteiger partial charge in [0.05, 0.1) is 7.11 Å². The molecule has 0 saturated heterocycles. The maximum absolute atomic E-state index is 14.4. The van der Waals surface area contributed by atoms with Crippen molar-refractivity contribution in [1.82, 2.24) is 0 Å². The Labute approximate surface area is 167 Å². The lowest BCUT2D eigenvalue weighted by molar-refractivity contribution is -0.132. The molecule has 0 aliphatic carbocycles. The lowest BCUT2D eigenvalue weighted by atomic mass is 10.0. The number of oxime groups is 1. The van der Waals surface area contributed by atoms with Crippen molar-refractivity contribution >= 4 is 32.9 Å². The Bertz CT molecular complexity index is 980. The van der Waals surface area contributed by atoms with Crippen LogP contribution in [-0.2, 0) is 29.6 Å². The van der Waals surface area contributed by atoms with Crippen molar-refractivity contribution in [3.05, 3.63) is 59.7 Å². The summed E-state index contributed by atoms with van der Waals surface area (Å²) in [5.41, 5.74) is -0.973. The molecule has 0 radical (unpaired) electrons. The first-order valence-electron chi connectivity index (χ1n) is 8.17. The van der Waals surface area contributed by atoms with E-state index in [0.29, 0.717) is 4.90 Å². The Balaban J connectivity index is 2.35. The summed E-state index contributed by atoms with van der Waals surface area (Å²) in [6.07, 6.45) is 0. The highest BCUT2D eigenvalue weighted by molar-refractivity contribution is 8.15. The number of esters is 1. The number of hydrogen-bond acceptors (Lipinski definition) is 7. The van der Waals surface area contributed by atoms with Gasteiger partial charge in [0.2, 0.25) is 5.04 Å². The summed E-state index contributed by atoms with van der Waals surface area (Å²) in [5.74, 6) is -0.861. The largest absolute Gasteiger partial charge is 0.464 e. The minimum atomic E-state index is -4.46. The summed E-state index contributed by atoms with van der Waals surface area (Å²) >= 11 is 0.888. The summed E-state index contributed by atoms with van der Waals surface area (Å²) in [4.78, 5) is 12.2. The molecule has 0 amide bonds. The Morgan fingerprint density at radius 1 is 1.11 bits per heavy atom. The number of carbonyl (C=O) groups is 1. The van der Waals surface area contributed by atoms with Crippen LogP contribution in [0.5, 0.6) is 0 Å². The Morgan fingerprint density at radius 2 is 1.71 bits per heavy atom. The molecule has 6 nitrogen and oxygen atoms in total. The molecule has 28 heavy (non-hydrogen) atoms. The molecule has 0 aliphatic rings. The Morgan fingerprint density at radius 3 is 2.29 bits per heavy atom. The highest BCUT2D eigenvalue weighted by atomic mass is 32.2. The maximum Gasteiger partial charge on any atom is 0.367 e. The quantitative estimate of drug-likeness (QED) is 0.235. The normalized spacial score (nSPS) is 12.5. The van der Waals surface area contributed by atoms with Crippen LogP contribution in [0.15, 0.2) is 63.5 Å². The van der Waals surface area contributed by atoms with Crippen LogP contribution >= 0.6 is 11.8 Å². The maximum atomic E-state index is 14.4. The molecule has 0 unspecified atom stereocenters. The molecule has 2 aromatic carbocycles. The van der Waals surface area contributed by atoms with Crippen molar-refractivity contribution in [3.8, 4) is 0 Å². The van der Waals surface area contributed by atoms with Crippen molar-refractivity contribution < 1.29 is 26.6 Å². The van der Waals surface area contributed by atoms with Crippen molar-refractivity contribution in [2.24, 2.45) is 5.16 Å². The van der Waals surface area contributed by atoms with E-state index in [2.05, 4.69) is 9.89 Å². The molecule has 0 saturated carbocycles. The average Bonchev–Trinajstić information content (AvgIpc) is 2.65. The third-order valence-corrected chi connectivity index (χ3v) is 5.72. The first-order valence-corrected chi connectivity index (χ1v) is 10.4. The van der Waals surface area contributed by atoms with Gasteiger partial charge in [-0.15, -0.1) is 0 Å². The molecule has 9 heteroatoms. The predicted molar refractivity (Wildman–Crippen MR) is 105 cm³/mol. The minimum absolute atomic E-state index is 0.0731. The van der Waals surface area contributed by atoms with Crippen LogP contribution in [0, 0.1) is 6.92 Å². The molecule has 0 fully saturated rings. The van der Waals surface area contributed by atoms with E-state index in [0.717, 1.165) is 24.4 Å². The number of rotatable bonds is 5. The van der Waals surface area contributed by atoms with Gasteiger partial charge in [0.25, 0.3) is 0 Å². The van der Waals surface area contributed by atoms with E-state index >= 15 is 0 Å². The number of halogens is 1. The lowest BCUT2D eigenvalue weighted by Gasteiger charge is -2.17. The monoisotopic (exact) mass is 425 g/mol. The van der Waals surface area contributed by atoms with Gasteiger partial charge >= 0.3 is 16.1 Å². The first-order chi connectivity index (χ1) is 13.0. The zero-order valence-corrected chi connectivity index (χ0v) is 17.4. The summed E-state index contributed by atoms with van der Waals surface area (Å²) < 4.78 is 48.8. The SMILES string of the molecule is COC(=O)/C(=N/OS(=O)(=O)c1ccccc1C(C)(C)F)Sc1ccc(C)cc1. The van der Waals surface area contributed by atoms with E-state index in [-0.39, 0.29) is 15.5 Å². The van der Waals surface area contributed by atoms with Gasteiger partial charge in [0.15, 0.2) is 0 Å². The minimum Gasteiger partial charge on any atom is -0.464 e. The summed E-state index contributed by atoms with van der Waals surface area (Å²) in [5, 5.41) is 3.17. The zero-order valence-electron chi connectivity index (χ0n) is 15.8. The molecule has 0 spiro atoms. The molecule has 2 rings (SSSR count). The van der Waals surface area contributed by atoms with Crippen LogP contribution in [0.3, 0.4) is 0 Å². The van der Waals surface area contributed by atoms with Crippen LogP contribution in [0.4, 0.5) is 4.39 Å². The fourth-order valence-corrected chi connectivity index (χ4v) is 4.06. The summed E-state index contributed by atoms with van der Waals surface area (Å²) in [6.45, 7) is 4.37. The molecule has 0 N–H and O–H groups in total. The van der Waals surface area contributed by atoms with Gasteiger partial charge in [-0.05, 0) is 39.0 Å². The second-order valence-electron chi connectivity index (χ2n) is 6.30. The van der Waals surface area contributed by atoms with Gasteiger partial charge in [-0.3, -0.25) is 4.28 Å². The average molecular weight is 426 g/mol. The molecule has 0 atom stereocenters. The molecule has 150 valence electrons. The van der Waals surface area contributed by atoms with Crippen LogP contribution in [0.2, 0.25) is 0 Å². The third-order valence-electron chi connectivity index (χ3n) is 3.61. The molecule has 0 heterocycles. The summed E-state index contributed by atoms with van der Waals surface area (Å²) in [7, 11) is -3.32. The van der Waals surface area contributed by atoms with Gasteiger partial charge in [0, 0.05) is 10.5 Å². The predicted octanol–water partition coefficient (Wildman–Crippen LogP) is 4.18. The van der Waals surface area contributed by atoms with Crippen molar-refractivity contribution in [2.75, 3.05) is 7.11 Å². The number of carbonyl (C=O) groups excluding carboxylic acids is 1. The lowest BCUT2D eigenvalue weighted by Crippen LogP contribution is -2.17. The van der Waals surface area contributed by atoms with Crippen LogP contribution in [-0.4, -0.2) is 26.5 Å². The number of benzene rings is 2. The highest BCUT2D eigenvalue weighted by Crippen LogP contribution is 2.31. The third kappa shape index (κ3) is 5.56. The summed E-state index contributed by atoms with van der Waals surface area (Å²) in [6, 6.07) is 12.7. The van der Waals surface area contributed by atoms with Gasteiger partial charge in [0.1, 0.15) is 10.6 Å². The van der Waals surface area contributed by atoms with E-state index in [1.807, 2.05) is 19.1 Å². The fourth-order valence-electron chi connectivity index (χ4n) is 2.20. The standard InChI is InChI=1S/C19H20FNO5S2/c1-13-9-11-14(12-10-13)27-17(18(22)25-4)21-26-28(23,24)16-8-6-5-7-15(16)19(2,3)20/h5-12H,1-4H3/b21-17-. The van der Waals surface area contributed by atoms with Crippen molar-refractivity contribution in [3.63, 3.8) is 0 Å². The van der Waals surface area contributed by atoms with Crippen molar-refractivity contribution in [1.29, 1.82) is 0 Å². The highest BCUT2D eigenvalue weighted by Gasteiger charge is 2.30. The molecule has 0 bridgehead atoms. The van der Waals surface area contributed by atoms with Crippen molar-refractivity contribution in [2.45, 2.75) is 36.2 Å². The number of thioether (sulfide) groups is 1. The van der Waals surface area contributed by atoms with E-state index < -0.39 is 21.8 Å². The van der Waals surface area contributed by atoms with Crippen LogP contribution < -0.4 is 0 Å². The Hall–Kier alpha value is -2.39. The van der Waals surface area contributed by atoms with Crippen LogP contribution in [0.1, 0.15) is 25.0 Å². The number of methoxy groups -OCH3 is 1. The smallest absolute Gasteiger partial charge is 0.367 e. The topological polar surface area (TPSA) is 82.0 Å². The van der Waals surface area contributed by atoms with Gasteiger partial charge in [-0.2, -0.15) is 8.42 Å². The molecular formula is C19H20FNO5S2. The van der Waals surface area contributed by atoms with E-state index in [1.54, 1.807) is 12.1 Å². The van der Waals surface area contributed by atoms with Gasteiger partial charge < -0.3 is 4.74 Å². The molecule has 0 aromatic heterocycles. The van der Waals surface area contributed by atoms with E-state index in [1.165, 1.54) is 38.1 Å². The first kappa shape index (κ1) is 21.9. The molecule has 2 aromatic rings. The van der Waals surface area contributed by atoms with Crippen LogP contribution in [0.25, 0.3) is 0 Å². The molecule has 0 aliphatic heterocycles. The Kier molecular flexibility index (Phi) is 6.84. The fraction of sp³-hybridized carbons (Fsp3) is 0.263. The van der Waals surface area contributed by atoms with E-state index in [9.17, 15) is 17.6 Å². The number of alkyl halides is 1. The molecular weight excluding hydrogens is 405 g/mol. The zero-order chi connectivity index (χ0) is 20.9. The van der Waals surface area contributed by atoms with Gasteiger partial charge in [-0.1, -0.05) is 52.8 Å².